The summed E-state index contributed by atoms with van der Waals surface area (Å²) in [6.07, 6.45) is 3.13. The molecule has 0 spiro atoms. The summed E-state index contributed by atoms with van der Waals surface area (Å²) in [6, 6.07) is 0. The average molecular weight is 228 g/mol. The molecular formula is C10H16N2O4. The highest BCUT2D eigenvalue weighted by atomic mass is 16.6. The summed E-state index contributed by atoms with van der Waals surface area (Å²) >= 11 is 0. The van der Waals surface area contributed by atoms with Crippen LogP contribution in [0.1, 0.15) is 13.3 Å². The monoisotopic (exact) mass is 228 g/mol. The van der Waals surface area contributed by atoms with Crippen LogP contribution in [0.5, 0.6) is 0 Å². The van der Waals surface area contributed by atoms with Gasteiger partial charge in [0.25, 0.3) is 5.70 Å². The highest BCUT2D eigenvalue weighted by molar-refractivity contribution is 5.77. The molecule has 1 amide bonds. The van der Waals surface area contributed by atoms with Crippen LogP contribution in [-0.2, 0) is 4.79 Å². The Kier molecular flexibility index (Phi) is 6.02. The first-order chi connectivity index (χ1) is 7.36. The van der Waals surface area contributed by atoms with Crippen LogP contribution in [-0.4, -0.2) is 41.0 Å². The Hall–Kier alpha value is -1.69. The fourth-order valence-electron chi connectivity index (χ4n) is 0.871. The van der Waals surface area contributed by atoms with Crippen molar-refractivity contribution in [2.75, 3.05) is 14.1 Å². The van der Waals surface area contributed by atoms with Gasteiger partial charge in [-0.1, -0.05) is 12.2 Å². The first kappa shape index (κ1) is 14.3. The van der Waals surface area contributed by atoms with Crippen LogP contribution in [0.15, 0.2) is 23.9 Å². The zero-order valence-electron chi connectivity index (χ0n) is 9.58. The summed E-state index contributed by atoms with van der Waals surface area (Å²) in [5.74, 6) is -0.0932. The number of aliphatic hydroxyl groups is 1. The third kappa shape index (κ3) is 5.26. The maximum atomic E-state index is 11.1. The van der Waals surface area contributed by atoms with E-state index in [9.17, 15) is 14.9 Å². The number of hydrogen-bond acceptors (Lipinski definition) is 4. The van der Waals surface area contributed by atoms with Gasteiger partial charge < -0.3 is 10.0 Å². The number of nitrogens with zero attached hydrogens (tertiary/aromatic N) is 2. The Morgan fingerprint density at radius 3 is 2.50 bits per heavy atom. The van der Waals surface area contributed by atoms with Crippen LogP contribution in [0, 0.1) is 10.1 Å². The van der Waals surface area contributed by atoms with Crippen molar-refractivity contribution in [3.05, 3.63) is 34.0 Å². The van der Waals surface area contributed by atoms with Crippen molar-refractivity contribution in [1.29, 1.82) is 0 Å². The topological polar surface area (TPSA) is 83.7 Å². The molecule has 0 heterocycles. The number of nitro groups is 1. The normalized spacial score (nSPS) is 13.9. The molecule has 0 saturated heterocycles. The van der Waals surface area contributed by atoms with Crippen molar-refractivity contribution in [2.45, 2.75) is 19.4 Å². The van der Waals surface area contributed by atoms with Gasteiger partial charge in [0.1, 0.15) is 6.10 Å². The lowest BCUT2D eigenvalue weighted by Crippen LogP contribution is -2.20. The first-order valence-corrected chi connectivity index (χ1v) is 4.75. The average Bonchev–Trinajstić information content (AvgIpc) is 2.15. The number of amides is 1. The van der Waals surface area contributed by atoms with E-state index < -0.39 is 11.0 Å². The molecule has 0 bridgehead atoms. The summed E-state index contributed by atoms with van der Waals surface area (Å²) < 4.78 is 0. The molecule has 0 fully saturated rings. The van der Waals surface area contributed by atoms with E-state index >= 15 is 0 Å². The molecule has 1 N–H and O–H groups in total. The molecule has 90 valence electrons. The molecule has 0 saturated carbocycles. The second kappa shape index (κ2) is 6.73. The highest BCUT2D eigenvalue weighted by Crippen LogP contribution is 2.03. The summed E-state index contributed by atoms with van der Waals surface area (Å²) in [4.78, 5) is 22.3. The van der Waals surface area contributed by atoms with Gasteiger partial charge in [-0.15, -0.1) is 0 Å². The molecule has 0 aromatic rings. The minimum Gasteiger partial charge on any atom is -0.382 e. The Morgan fingerprint density at radius 1 is 1.56 bits per heavy atom. The molecule has 1 unspecified atom stereocenters. The minimum atomic E-state index is -1.13. The summed E-state index contributed by atoms with van der Waals surface area (Å²) in [5, 5.41) is 19.5. The molecule has 16 heavy (non-hydrogen) atoms. The van der Waals surface area contributed by atoms with Crippen molar-refractivity contribution >= 4 is 5.91 Å². The van der Waals surface area contributed by atoms with Crippen LogP contribution in [0.25, 0.3) is 0 Å². The zero-order chi connectivity index (χ0) is 12.7. The Bertz CT molecular complexity index is 319. The van der Waals surface area contributed by atoms with Crippen LogP contribution >= 0.6 is 0 Å². The van der Waals surface area contributed by atoms with Gasteiger partial charge in [-0.25, -0.2) is 0 Å². The molecule has 0 aromatic heterocycles. The Labute approximate surface area is 94.0 Å². The Balaban J connectivity index is 4.39. The van der Waals surface area contributed by atoms with Crippen molar-refractivity contribution in [3.8, 4) is 0 Å². The molecule has 0 aliphatic rings. The molecule has 6 heteroatoms. The van der Waals surface area contributed by atoms with Gasteiger partial charge in [-0.2, -0.15) is 0 Å². The van der Waals surface area contributed by atoms with Crippen LogP contribution in [0.4, 0.5) is 0 Å². The standard InChI is InChI=1S/C10H16N2O4/c1-8(13)9(12(15)16)6-4-5-7-10(14)11(2)3/h4-6,8,13H,7H2,1-3H3/b5-4-,9-6+. The molecule has 6 nitrogen and oxygen atoms in total. The van der Waals surface area contributed by atoms with Gasteiger partial charge in [0.15, 0.2) is 0 Å². The number of hydrogen-bond donors (Lipinski definition) is 1. The molecule has 0 aromatic carbocycles. The molecule has 0 rings (SSSR count). The van der Waals surface area contributed by atoms with Crippen molar-refractivity contribution in [2.24, 2.45) is 0 Å². The number of carbonyl (C=O) groups excluding carboxylic acids is 1. The van der Waals surface area contributed by atoms with E-state index in [1.165, 1.54) is 30.1 Å². The SMILES string of the molecule is CC(O)/C(=C\C=C/CC(=O)N(C)C)[N+](=O)[O-]. The van der Waals surface area contributed by atoms with Crippen molar-refractivity contribution in [1.82, 2.24) is 4.90 Å². The van der Waals surface area contributed by atoms with Gasteiger partial charge in [0, 0.05) is 26.6 Å². The lowest BCUT2D eigenvalue weighted by Gasteiger charge is -2.06. The van der Waals surface area contributed by atoms with Gasteiger partial charge >= 0.3 is 0 Å². The second-order valence-electron chi connectivity index (χ2n) is 3.45. The van der Waals surface area contributed by atoms with Crippen LogP contribution < -0.4 is 0 Å². The smallest absolute Gasteiger partial charge is 0.274 e. The number of carbonyl (C=O) groups is 1. The predicted molar refractivity (Wildman–Crippen MR) is 59.2 cm³/mol. The predicted octanol–water partition coefficient (Wildman–Crippen LogP) is 0.562. The molecule has 0 radical (unpaired) electrons. The quantitative estimate of drug-likeness (QED) is 0.423. The van der Waals surface area contributed by atoms with Gasteiger partial charge in [0.2, 0.25) is 5.91 Å². The van der Waals surface area contributed by atoms with E-state index in [1.807, 2.05) is 0 Å². The number of allylic oxidation sites excluding steroid dienone is 2. The Morgan fingerprint density at radius 2 is 2.12 bits per heavy atom. The zero-order valence-corrected chi connectivity index (χ0v) is 9.58. The van der Waals surface area contributed by atoms with Crippen LogP contribution in [0.2, 0.25) is 0 Å². The highest BCUT2D eigenvalue weighted by Gasteiger charge is 2.15. The summed E-state index contributed by atoms with van der Waals surface area (Å²) in [7, 11) is 3.26. The van der Waals surface area contributed by atoms with E-state index in [-0.39, 0.29) is 18.0 Å². The van der Waals surface area contributed by atoms with E-state index in [4.69, 9.17) is 5.11 Å². The maximum Gasteiger partial charge on any atom is 0.274 e. The van der Waals surface area contributed by atoms with E-state index in [1.54, 1.807) is 14.1 Å². The largest absolute Gasteiger partial charge is 0.382 e. The number of rotatable bonds is 5. The fourth-order valence-corrected chi connectivity index (χ4v) is 0.871. The molecule has 0 aliphatic carbocycles. The van der Waals surface area contributed by atoms with Gasteiger partial charge in [-0.05, 0) is 6.92 Å². The third-order valence-corrected chi connectivity index (χ3v) is 1.83. The van der Waals surface area contributed by atoms with E-state index in [0.717, 1.165) is 0 Å². The lowest BCUT2D eigenvalue weighted by molar-refractivity contribution is -0.435. The van der Waals surface area contributed by atoms with E-state index in [0.29, 0.717) is 0 Å². The maximum absolute atomic E-state index is 11.1. The molecular weight excluding hydrogens is 212 g/mol. The van der Waals surface area contributed by atoms with Crippen LogP contribution in [0.3, 0.4) is 0 Å². The second-order valence-corrected chi connectivity index (χ2v) is 3.45. The third-order valence-electron chi connectivity index (χ3n) is 1.83. The molecule has 0 aliphatic heterocycles. The van der Waals surface area contributed by atoms with Crippen molar-refractivity contribution < 1.29 is 14.8 Å². The first-order valence-electron chi connectivity index (χ1n) is 4.75. The van der Waals surface area contributed by atoms with Gasteiger partial charge in [-0.3, -0.25) is 14.9 Å². The summed E-state index contributed by atoms with van der Waals surface area (Å²) in [6.45, 7) is 1.31. The van der Waals surface area contributed by atoms with E-state index in [2.05, 4.69) is 0 Å². The van der Waals surface area contributed by atoms with Gasteiger partial charge in [0.05, 0.1) is 4.92 Å². The minimum absolute atomic E-state index is 0.0932. The molecule has 1 atom stereocenters. The van der Waals surface area contributed by atoms with Crippen molar-refractivity contribution in [3.63, 3.8) is 0 Å². The fraction of sp³-hybridized carbons (Fsp3) is 0.500. The number of aliphatic hydroxyl groups excluding tert-OH is 1. The summed E-state index contributed by atoms with van der Waals surface area (Å²) in [5.41, 5.74) is -0.298. The lowest BCUT2D eigenvalue weighted by atomic mass is 10.2.